The fourth-order valence-corrected chi connectivity index (χ4v) is 4.21. The molecule has 0 aliphatic heterocycles. The SMILES string of the molecule is O=C(CCNS(=O)(=O)c1ccccc1)Nc1nc2ccc([N+](=O)[O-])cc2s1. The molecule has 0 fully saturated rings. The number of nitro benzene ring substituents is 1. The van der Waals surface area contributed by atoms with Gasteiger partial charge in [0.2, 0.25) is 15.9 Å². The molecule has 2 N–H and O–H groups in total. The number of hydrogen-bond donors (Lipinski definition) is 2. The number of carbonyl (C=O) groups is 1. The van der Waals surface area contributed by atoms with Crippen LogP contribution in [0.1, 0.15) is 6.42 Å². The van der Waals surface area contributed by atoms with Crippen LogP contribution in [0.5, 0.6) is 0 Å². The van der Waals surface area contributed by atoms with Crippen molar-refractivity contribution in [2.24, 2.45) is 0 Å². The van der Waals surface area contributed by atoms with E-state index in [9.17, 15) is 23.3 Å². The Bertz CT molecular complexity index is 1100. The molecule has 1 heterocycles. The van der Waals surface area contributed by atoms with Crippen LogP contribution in [-0.2, 0) is 14.8 Å². The third kappa shape index (κ3) is 4.64. The van der Waals surface area contributed by atoms with Crippen molar-refractivity contribution in [2.45, 2.75) is 11.3 Å². The van der Waals surface area contributed by atoms with E-state index in [4.69, 9.17) is 0 Å². The quantitative estimate of drug-likeness (QED) is 0.458. The first-order valence-corrected chi connectivity index (χ1v) is 10.0. The predicted octanol–water partition coefficient (Wildman–Crippen LogP) is 2.51. The lowest BCUT2D eigenvalue weighted by Crippen LogP contribution is -2.27. The van der Waals surface area contributed by atoms with Crippen molar-refractivity contribution in [1.82, 2.24) is 9.71 Å². The van der Waals surface area contributed by atoms with Crippen molar-refractivity contribution in [3.05, 3.63) is 58.6 Å². The molecule has 0 unspecified atom stereocenters. The number of anilines is 1. The van der Waals surface area contributed by atoms with E-state index in [-0.39, 0.29) is 23.5 Å². The molecule has 27 heavy (non-hydrogen) atoms. The van der Waals surface area contributed by atoms with E-state index >= 15 is 0 Å². The molecule has 1 amide bonds. The highest BCUT2D eigenvalue weighted by Crippen LogP contribution is 2.29. The van der Waals surface area contributed by atoms with Crippen molar-refractivity contribution in [1.29, 1.82) is 0 Å². The number of non-ortho nitro benzene ring substituents is 1. The highest BCUT2D eigenvalue weighted by molar-refractivity contribution is 7.89. The summed E-state index contributed by atoms with van der Waals surface area (Å²) in [4.78, 5) is 26.6. The number of fused-ring (bicyclic) bond motifs is 1. The number of hydrogen-bond acceptors (Lipinski definition) is 7. The summed E-state index contributed by atoms with van der Waals surface area (Å²) in [5.74, 6) is -0.417. The highest BCUT2D eigenvalue weighted by Gasteiger charge is 2.15. The number of nitrogens with zero attached hydrogens (tertiary/aromatic N) is 2. The standard InChI is InChI=1S/C16H14N4O5S2/c21-15(8-9-17-27(24,25)12-4-2-1-3-5-12)19-16-18-13-7-6-11(20(22)23)10-14(13)26-16/h1-7,10,17H,8-9H2,(H,18,19,21). The van der Waals surface area contributed by atoms with Gasteiger partial charge in [-0.2, -0.15) is 0 Å². The second-order valence-electron chi connectivity index (χ2n) is 5.44. The molecule has 0 radical (unpaired) electrons. The monoisotopic (exact) mass is 406 g/mol. The Labute approximate surface area is 158 Å². The largest absolute Gasteiger partial charge is 0.302 e. The summed E-state index contributed by atoms with van der Waals surface area (Å²) in [5.41, 5.74) is 0.477. The van der Waals surface area contributed by atoms with Gasteiger partial charge in [0.25, 0.3) is 5.69 Å². The second-order valence-corrected chi connectivity index (χ2v) is 8.23. The molecular formula is C16H14N4O5S2. The van der Waals surface area contributed by atoms with Crippen molar-refractivity contribution >= 4 is 48.3 Å². The van der Waals surface area contributed by atoms with E-state index in [2.05, 4.69) is 15.0 Å². The Balaban J connectivity index is 1.58. The maximum Gasteiger partial charge on any atom is 0.270 e. The Hall–Kier alpha value is -2.89. The van der Waals surface area contributed by atoms with Gasteiger partial charge in [-0.1, -0.05) is 29.5 Å². The third-order valence-corrected chi connectivity index (χ3v) is 5.94. The predicted molar refractivity (Wildman–Crippen MR) is 101 cm³/mol. The molecule has 0 bridgehead atoms. The number of benzene rings is 2. The van der Waals surface area contributed by atoms with Crippen molar-refractivity contribution in [3.63, 3.8) is 0 Å². The van der Waals surface area contributed by atoms with Crippen molar-refractivity contribution < 1.29 is 18.1 Å². The number of nitro groups is 1. The van der Waals surface area contributed by atoms with Gasteiger partial charge in [0, 0.05) is 25.1 Å². The first-order chi connectivity index (χ1) is 12.8. The van der Waals surface area contributed by atoms with E-state index in [0.29, 0.717) is 15.3 Å². The third-order valence-electron chi connectivity index (χ3n) is 3.53. The van der Waals surface area contributed by atoms with E-state index < -0.39 is 20.9 Å². The fourth-order valence-electron chi connectivity index (χ4n) is 2.24. The van der Waals surface area contributed by atoms with Crippen molar-refractivity contribution in [3.8, 4) is 0 Å². The van der Waals surface area contributed by atoms with E-state index in [1.807, 2.05) is 0 Å². The normalized spacial score (nSPS) is 11.4. The maximum atomic E-state index is 12.1. The molecule has 3 aromatic rings. The molecule has 0 aliphatic carbocycles. The summed E-state index contributed by atoms with van der Waals surface area (Å²) < 4.78 is 27.1. The number of thiazole rings is 1. The number of carbonyl (C=O) groups excluding carboxylic acids is 1. The summed E-state index contributed by atoms with van der Waals surface area (Å²) in [7, 11) is -3.67. The molecule has 9 nitrogen and oxygen atoms in total. The average Bonchev–Trinajstić information content (AvgIpc) is 3.03. The van der Waals surface area contributed by atoms with Gasteiger partial charge < -0.3 is 5.32 Å². The van der Waals surface area contributed by atoms with Gasteiger partial charge in [0.1, 0.15) is 0 Å². The van der Waals surface area contributed by atoms with Crippen LogP contribution in [0.15, 0.2) is 53.4 Å². The summed E-state index contributed by atoms with van der Waals surface area (Å²) in [5, 5.41) is 13.7. The molecule has 0 spiro atoms. The first kappa shape index (κ1) is 18.9. The smallest absolute Gasteiger partial charge is 0.270 e. The van der Waals surface area contributed by atoms with Crippen LogP contribution < -0.4 is 10.0 Å². The van der Waals surface area contributed by atoms with Gasteiger partial charge in [-0.05, 0) is 18.2 Å². The molecule has 0 atom stereocenters. The summed E-state index contributed by atoms with van der Waals surface area (Å²) in [6.07, 6.45) is -0.0812. The van der Waals surface area contributed by atoms with Gasteiger partial charge in [-0.25, -0.2) is 18.1 Å². The van der Waals surface area contributed by atoms with Gasteiger partial charge >= 0.3 is 0 Å². The summed E-state index contributed by atoms with van der Waals surface area (Å²) >= 11 is 1.11. The Morgan fingerprint density at radius 2 is 1.93 bits per heavy atom. The van der Waals surface area contributed by atoms with Crippen LogP contribution in [0.2, 0.25) is 0 Å². The zero-order valence-electron chi connectivity index (χ0n) is 13.8. The lowest BCUT2D eigenvalue weighted by molar-refractivity contribution is -0.384. The van der Waals surface area contributed by atoms with Crippen LogP contribution >= 0.6 is 11.3 Å². The molecule has 140 valence electrons. The second kappa shape index (κ2) is 7.78. The maximum absolute atomic E-state index is 12.1. The van der Waals surface area contributed by atoms with Gasteiger partial charge in [-0.15, -0.1) is 0 Å². The number of aromatic nitrogens is 1. The number of amides is 1. The molecular weight excluding hydrogens is 392 g/mol. The van der Waals surface area contributed by atoms with E-state index in [0.717, 1.165) is 11.3 Å². The molecule has 0 saturated heterocycles. The van der Waals surface area contributed by atoms with Gasteiger partial charge in [0.05, 0.1) is 20.0 Å². The van der Waals surface area contributed by atoms with Gasteiger partial charge in [-0.3, -0.25) is 14.9 Å². The van der Waals surface area contributed by atoms with Crippen molar-refractivity contribution in [2.75, 3.05) is 11.9 Å². The van der Waals surface area contributed by atoms with Crippen LogP contribution in [0.25, 0.3) is 10.2 Å². The zero-order valence-corrected chi connectivity index (χ0v) is 15.4. The number of rotatable bonds is 7. The van der Waals surface area contributed by atoms with Crippen LogP contribution in [-0.4, -0.2) is 30.8 Å². The molecule has 2 aromatic carbocycles. The highest BCUT2D eigenvalue weighted by atomic mass is 32.2. The Morgan fingerprint density at radius 3 is 2.63 bits per heavy atom. The van der Waals surface area contributed by atoms with Crippen LogP contribution in [0.3, 0.4) is 0 Å². The fraction of sp³-hybridized carbons (Fsp3) is 0.125. The van der Waals surface area contributed by atoms with Gasteiger partial charge in [0.15, 0.2) is 5.13 Å². The molecule has 0 saturated carbocycles. The summed E-state index contributed by atoms with van der Waals surface area (Å²) in [6, 6.07) is 12.1. The Kier molecular flexibility index (Phi) is 5.44. The van der Waals surface area contributed by atoms with Crippen LogP contribution in [0, 0.1) is 10.1 Å². The Morgan fingerprint density at radius 1 is 1.19 bits per heavy atom. The lowest BCUT2D eigenvalue weighted by atomic mass is 10.3. The lowest BCUT2D eigenvalue weighted by Gasteiger charge is -2.06. The number of nitrogens with one attached hydrogen (secondary N) is 2. The molecule has 1 aromatic heterocycles. The average molecular weight is 406 g/mol. The minimum absolute atomic E-state index is 0.0562. The minimum Gasteiger partial charge on any atom is -0.302 e. The molecule has 11 heteroatoms. The molecule has 3 rings (SSSR count). The topological polar surface area (TPSA) is 131 Å². The summed E-state index contributed by atoms with van der Waals surface area (Å²) in [6.45, 7) is -0.0700. The minimum atomic E-state index is -3.67. The van der Waals surface area contributed by atoms with Crippen LogP contribution in [0.4, 0.5) is 10.8 Å². The van der Waals surface area contributed by atoms with E-state index in [1.165, 1.54) is 30.3 Å². The van der Waals surface area contributed by atoms with E-state index in [1.54, 1.807) is 18.2 Å². The first-order valence-electron chi connectivity index (χ1n) is 7.75. The molecule has 0 aliphatic rings. The number of sulfonamides is 1. The zero-order chi connectivity index (χ0) is 19.4.